The quantitative estimate of drug-likeness (QED) is 0.511. The number of nitrogens with zero attached hydrogens (tertiary/aromatic N) is 2. The first kappa shape index (κ1) is 17.1. The van der Waals surface area contributed by atoms with Crippen LogP contribution in [0, 0.1) is 15.5 Å². The molecule has 0 bridgehead atoms. The fourth-order valence-corrected chi connectivity index (χ4v) is 3.76. The first-order valence-corrected chi connectivity index (χ1v) is 8.27. The molecule has 1 aliphatic heterocycles. The molecule has 1 aliphatic carbocycles. The highest BCUT2D eigenvalue weighted by molar-refractivity contribution is 6.04. The minimum Gasteiger partial charge on any atom is -0.319 e. The van der Waals surface area contributed by atoms with E-state index in [1.165, 1.54) is 18.2 Å². The maximum atomic E-state index is 12.3. The van der Waals surface area contributed by atoms with Gasteiger partial charge in [0.2, 0.25) is 17.7 Å². The Morgan fingerprint density at radius 3 is 2.36 bits per heavy atom. The minimum atomic E-state index is -0.627. The van der Waals surface area contributed by atoms with E-state index in [0.717, 1.165) is 30.6 Å². The third-order valence-electron chi connectivity index (χ3n) is 5.00. The first-order chi connectivity index (χ1) is 11.9. The second kappa shape index (κ2) is 6.62. The van der Waals surface area contributed by atoms with Crippen LogP contribution in [0.4, 0.5) is 11.4 Å². The molecule has 1 heterocycles. The molecule has 132 valence electrons. The normalized spacial score (nSPS) is 19.3. The van der Waals surface area contributed by atoms with Crippen molar-refractivity contribution in [2.75, 3.05) is 11.9 Å². The van der Waals surface area contributed by atoms with Gasteiger partial charge in [0, 0.05) is 18.9 Å². The summed E-state index contributed by atoms with van der Waals surface area (Å²) in [6.45, 7) is -0.417. The van der Waals surface area contributed by atoms with E-state index in [1.54, 1.807) is 6.07 Å². The van der Waals surface area contributed by atoms with Crippen LogP contribution in [0.3, 0.4) is 0 Å². The van der Waals surface area contributed by atoms with Gasteiger partial charge in [-0.15, -0.1) is 0 Å². The van der Waals surface area contributed by atoms with Gasteiger partial charge in [-0.05, 0) is 24.3 Å². The topological polar surface area (TPSA) is 110 Å². The van der Waals surface area contributed by atoms with Crippen molar-refractivity contribution in [3.05, 3.63) is 34.4 Å². The zero-order valence-electron chi connectivity index (χ0n) is 13.7. The maximum absolute atomic E-state index is 12.3. The Bertz CT molecular complexity index is 720. The third kappa shape index (κ3) is 3.52. The maximum Gasteiger partial charge on any atom is 0.292 e. The summed E-state index contributed by atoms with van der Waals surface area (Å²) in [5.74, 6) is -1.30. The molecular formula is C17H19N3O5. The summed E-state index contributed by atoms with van der Waals surface area (Å²) < 4.78 is 0. The Kier molecular flexibility index (Phi) is 4.52. The Morgan fingerprint density at radius 2 is 1.76 bits per heavy atom. The number of nitrogens with one attached hydrogen (secondary N) is 1. The molecule has 0 unspecified atom stereocenters. The highest BCUT2D eigenvalue weighted by atomic mass is 16.6. The third-order valence-corrected chi connectivity index (χ3v) is 5.00. The molecule has 25 heavy (non-hydrogen) atoms. The number of carbonyl (C=O) groups excluding carboxylic acids is 3. The van der Waals surface area contributed by atoms with E-state index in [1.807, 2.05) is 0 Å². The predicted octanol–water partition coefficient (Wildman–Crippen LogP) is 2.24. The monoisotopic (exact) mass is 345 g/mol. The lowest BCUT2D eigenvalue weighted by Crippen LogP contribution is -2.49. The average molecular weight is 345 g/mol. The number of nitro groups is 1. The summed E-state index contributed by atoms with van der Waals surface area (Å²) in [7, 11) is 0. The molecule has 0 radical (unpaired) electrons. The van der Waals surface area contributed by atoms with Crippen LogP contribution in [0.2, 0.25) is 0 Å². The lowest BCUT2D eigenvalue weighted by Gasteiger charge is -2.36. The molecule has 1 aromatic rings. The largest absolute Gasteiger partial charge is 0.319 e. The van der Waals surface area contributed by atoms with Crippen LogP contribution in [0.1, 0.15) is 38.5 Å². The number of hydrogen-bond donors (Lipinski definition) is 1. The second-order valence-corrected chi connectivity index (χ2v) is 6.76. The van der Waals surface area contributed by atoms with Gasteiger partial charge in [0.1, 0.15) is 12.2 Å². The van der Waals surface area contributed by atoms with Crippen LogP contribution in [0.5, 0.6) is 0 Å². The molecule has 1 saturated carbocycles. The van der Waals surface area contributed by atoms with E-state index in [2.05, 4.69) is 5.32 Å². The van der Waals surface area contributed by atoms with E-state index in [4.69, 9.17) is 0 Å². The summed E-state index contributed by atoms with van der Waals surface area (Å²) in [5.41, 5.74) is -0.418. The number of imide groups is 1. The van der Waals surface area contributed by atoms with Gasteiger partial charge < -0.3 is 5.32 Å². The number of carbonyl (C=O) groups is 3. The van der Waals surface area contributed by atoms with Crippen molar-refractivity contribution in [2.24, 2.45) is 5.41 Å². The number of piperidine rings is 1. The molecule has 1 saturated heterocycles. The van der Waals surface area contributed by atoms with Gasteiger partial charge in [0.25, 0.3) is 5.69 Å². The van der Waals surface area contributed by atoms with Crippen LogP contribution in [0.25, 0.3) is 0 Å². The van der Waals surface area contributed by atoms with Crippen LogP contribution in [-0.4, -0.2) is 34.1 Å². The molecular weight excluding hydrogens is 326 g/mol. The van der Waals surface area contributed by atoms with Gasteiger partial charge in [-0.2, -0.15) is 0 Å². The summed E-state index contributed by atoms with van der Waals surface area (Å²) in [5, 5.41) is 13.4. The average Bonchev–Trinajstić information content (AvgIpc) is 2.99. The zero-order chi connectivity index (χ0) is 18.0. The minimum absolute atomic E-state index is 0.0432. The van der Waals surface area contributed by atoms with Gasteiger partial charge in [0.15, 0.2) is 0 Å². The molecule has 1 aromatic carbocycles. The van der Waals surface area contributed by atoms with E-state index in [0.29, 0.717) is 0 Å². The number of hydrogen-bond acceptors (Lipinski definition) is 5. The van der Waals surface area contributed by atoms with Crippen molar-refractivity contribution < 1.29 is 19.3 Å². The second-order valence-electron chi connectivity index (χ2n) is 6.76. The van der Waals surface area contributed by atoms with Crippen LogP contribution in [-0.2, 0) is 14.4 Å². The van der Waals surface area contributed by atoms with E-state index < -0.39 is 17.4 Å². The van der Waals surface area contributed by atoms with Gasteiger partial charge in [-0.25, -0.2) is 0 Å². The first-order valence-electron chi connectivity index (χ1n) is 8.27. The molecule has 0 aromatic heterocycles. The smallest absolute Gasteiger partial charge is 0.292 e. The predicted molar refractivity (Wildman–Crippen MR) is 88.6 cm³/mol. The zero-order valence-corrected chi connectivity index (χ0v) is 13.7. The number of benzene rings is 1. The van der Waals surface area contributed by atoms with Gasteiger partial charge >= 0.3 is 0 Å². The Balaban J connectivity index is 1.66. The Hall–Kier alpha value is -2.77. The molecule has 3 amide bonds. The summed E-state index contributed by atoms with van der Waals surface area (Å²) >= 11 is 0. The van der Waals surface area contributed by atoms with Crippen LogP contribution < -0.4 is 5.32 Å². The standard InChI is InChI=1S/C17H19N3O5/c21-14(18-12-5-1-2-6-13(12)20(24)25)11-19-15(22)9-17(10-16(19)23)7-3-4-8-17/h1-2,5-6H,3-4,7-11H2,(H,18,21). The fraction of sp³-hybridized carbons (Fsp3) is 0.471. The van der Waals surface area contributed by atoms with E-state index in [-0.39, 0.29) is 41.4 Å². The number of nitro benzene ring substituents is 1. The van der Waals surface area contributed by atoms with Gasteiger partial charge in [-0.3, -0.25) is 29.4 Å². The molecule has 2 fully saturated rings. The lowest BCUT2D eigenvalue weighted by molar-refractivity contribution is -0.383. The van der Waals surface area contributed by atoms with Crippen molar-refractivity contribution in [1.82, 2.24) is 4.90 Å². The fourth-order valence-electron chi connectivity index (χ4n) is 3.76. The summed E-state index contributed by atoms with van der Waals surface area (Å²) in [6.07, 6.45) is 4.38. The van der Waals surface area contributed by atoms with Gasteiger partial charge in [-0.1, -0.05) is 25.0 Å². The Labute approximate surface area is 144 Å². The van der Waals surface area contributed by atoms with Crippen LogP contribution in [0.15, 0.2) is 24.3 Å². The molecule has 3 rings (SSSR count). The molecule has 8 heteroatoms. The molecule has 2 aliphatic rings. The van der Waals surface area contributed by atoms with Crippen LogP contribution >= 0.6 is 0 Å². The van der Waals surface area contributed by atoms with Crippen molar-refractivity contribution in [2.45, 2.75) is 38.5 Å². The number of rotatable bonds is 4. The lowest BCUT2D eigenvalue weighted by atomic mass is 9.76. The van der Waals surface area contributed by atoms with Gasteiger partial charge in [0.05, 0.1) is 4.92 Å². The highest BCUT2D eigenvalue weighted by Crippen LogP contribution is 2.46. The summed E-state index contributed by atoms with van der Waals surface area (Å²) in [6, 6.07) is 5.73. The molecule has 0 atom stereocenters. The number of likely N-dealkylation sites (tertiary alicyclic amines) is 1. The number of anilines is 1. The van der Waals surface area contributed by atoms with Crippen molar-refractivity contribution in [1.29, 1.82) is 0 Å². The number of para-hydroxylation sites is 2. The molecule has 1 spiro atoms. The highest BCUT2D eigenvalue weighted by Gasteiger charge is 2.45. The van der Waals surface area contributed by atoms with E-state index in [9.17, 15) is 24.5 Å². The van der Waals surface area contributed by atoms with E-state index >= 15 is 0 Å². The Morgan fingerprint density at radius 1 is 1.16 bits per heavy atom. The number of amides is 3. The summed E-state index contributed by atoms with van der Waals surface area (Å²) in [4.78, 5) is 48.2. The SMILES string of the molecule is O=C(CN1C(=O)CC2(CCCC2)CC1=O)Nc1ccccc1[N+](=O)[O-]. The molecule has 1 N–H and O–H groups in total. The van der Waals surface area contributed by atoms with Crippen molar-refractivity contribution >= 4 is 29.1 Å². The molecule has 8 nitrogen and oxygen atoms in total. The van der Waals surface area contributed by atoms with Crippen molar-refractivity contribution in [3.8, 4) is 0 Å². The van der Waals surface area contributed by atoms with Crippen molar-refractivity contribution in [3.63, 3.8) is 0 Å².